The van der Waals surface area contributed by atoms with Gasteiger partial charge in [-0.05, 0) is 6.07 Å². The van der Waals surface area contributed by atoms with Crippen LogP contribution in [0.4, 0.5) is 5.69 Å². The average molecular weight is 253 g/mol. The minimum Gasteiger partial charge on any atom is -0.481 e. The van der Waals surface area contributed by atoms with Crippen LogP contribution < -0.4 is 9.64 Å². The van der Waals surface area contributed by atoms with Crippen LogP contribution in [0.5, 0.6) is 5.88 Å². The summed E-state index contributed by atoms with van der Waals surface area (Å²) in [5.74, 6) is 0.662. The SMILES string of the molecule is C=CC1CC(=O)N(c2ccc(OC)nc2Cl)C1. The van der Waals surface area contributed by atoms with E-state index in [1.807, 2.05) is 0 Å². The molecule has 1 unspecified atom stereocenters. The van der Waals surface area contributed by atoms with Gasteiger partial charge in [-0.2, -0.15) is 4.98 Å². The van der Waals surface area contributed by atoms with Crippen molar-refractivity contribution in [3.05, 3.63) is 29.9 Å². The zero-order chi connectivity index (χ0) is 12.4. The Morgan fingerprint density at radius 3 is 2.94 bits per heavy atom. The summed E-state index contributed by atoms with van der Waals surface area (Å²) in [6.45, 7) is 4.31. The Bertz CT molecular complexity index is 462. The molecule has 0 saturated carbocycles. The molecule has 5 heteroatoms. The summed E-state index contributed by atoms with van der Waals surface area (Å²) in [6, 6.07) is 3.44. The molecule has 4 nitrogen and oxygen atoms in total. The molecule has 0 bridgehead atoms. The largest absolute Gasteiger partial charge is 0.481 e. The maximum atomic E-state index is 11.8. The molecule has 1 aliphatic heterocycles. The number of amides is 1. The van der Waals surface area contributed by atoms with Crippen LogP contribution >= 0.6 is 11.6 Å². The first-order valence-corrected chi connectivity index (χ1v) is 5.67. The van der Waals surface area contributed by atoms with Crippen molar-refractivity contribution in [3.8, 4) is 5.88 Å². The van der Waals surface area contributed by atoms with Crippen LogP contribution in [0.15, 0.2) is 24.8 Å². The number of methoxy groups -OCH3 is 1. The fourth-order valence-corrected chi connectivity index (χ4v) is 2.10. The van der Waals surface area contributed by atoms with E-state index >= 15 is 0 Å². The molecule has 1 amide bonds. The molecule has 1 atom stereocenters. The standard InChI is InChI=1S/C12H13ClN2O2/c1-3-8-6-11(16)15(7-8)9-4-5-10(17-2)14-12(9)13/h3-5,8H,1,6-7H2,2H3. The number of anilines is 1. The zero-order valence-electron chi connectivity index (χ0n) is 9.52. The fraction of sp³-hybridized carbons (Fsp3) is 0.333. The topological polar surface area (TPSA) is 42.4 Å². The fourth-order valence-electron chi connectivity index (χ4n) is 1.85. The van der Waals surface area contributed by atoms with Gasteiger partial charge >= 0.3 is 0 Å². The van der Waals surface area contributed by atoms with Gasteiger partial charge in [0.2, 0.25) is 11.8 Å². The number of nitrogens with zero attached hydrogens (tertiary/aromatic N) is 2. The van der Waals surface area contributed by atoms with Gasteiger partial charge in [-0.25, -0.2) is 0 Å². The number of halogens is 1. The van der Waals surface area contributed by atoms with Crippen molar-refractivity contribution in [1.29, 1.82) is 0 Å². The zero-order valence-corrected chi connectivity index (χ0v) is 10.3. The van der Waals surface area contributed by atoms with Crippen molar-refractivity contribution in [2.45, 2.75) is 6.42 Å². The van der Waals surface area contributed by atoms with Gasteiger partial charge in [0, 0.05) is 24.9 Å². The maximum Gasteiger partial charge on any atom is 0.227 e. The van der Waals surface area contributed by atoms with Crippen molar-refractivity contribution in [2.24, 2.45) is 5.92 Å². The predicted molar refractivity (Wildman–Crippen MR) is 66.5 cm³/mol. The minimum atomic E-state index is 0.0452. The first-order valence-electron chi connectivity index (χ1n) is 5.29. The monoisotopic (exact) mass is 252 g/mol. The lowest BCUT2D eigenvalue weighted by Crippen LogP contribution is -2.24. The summed E-state index contributed by atoms with van der Waals surface area (Å²) in [7, 11) is 1.52. The number of aromatic nitrogens is 1. The number of rotatable bonds is 3. The van der Waals surface area contributed by atoms with Crippen LogP contribution in [0.25, 0.3) is 0 Å². The van der Waals surface area contributed by atoms with Gasteiger partial charge in [0.05, 0.1) is 12.8 Å². The molecule has 0 N–H and O–H groups in total. The minimum absolute atomic E-state index is 0.0452. The normalized spacial score (nSPS) is 19.5. The third kappa shape index (κ3) is 2.26. The van der Waals surface area contributed by atoms with E-state index in [1.165, 1.54) is 7.11 Å². The van der Waals surface area contributed by atoms with Gasteiger partial charge in [-0.15, -0.1) is 6.58 Å². The van der Waals surface area contributed by atoms with Crippen molar-refractivity contribution in [2.75, 3.05) is 18.6 Å². The molecule has 17 heavy (non-hydrogen) atoms. The van der Waals surface area contributed by atoms with E-state index in [-0.39, 0.29) is 17.0 Å². The summed E-state index contributed by atoms with van der Waals surface area (Å²) in [5, 5.41) is 0.280. The Labute approximate surface area is 105 Å². The Hall–Kier alpha value is -1.55. The van der Waals surface area contributed by atoms with Crippen LogP contribution in [0.3, 0.4) is 0 Å². The van der Waals surface area contributed by atoms with Gasteiger partial charge in [0.15, 0.2) is 5.15 Å². The molecule has 0 radical (unpaired) electrons. The molecule has 0 aliphatic carbocycles. The number of pyridine rings is 1. The summed E-state index contributed by atoms with van der Waals surface area (Å²) in [4.78, 5) is 17.5. The Morgan fingerprint density at radius 1 is 1.65 bits per heavy atom. The van der Waals surface area contributed by atoms with E-state index in [1.54, 1.807) is 23.1 Å². The van der Waals surface area contributed by atoms with Gasteiger partial charge in [-0.3, -0.25) is 4.79 Å². The first kappa shape index (κ1) is 11.9. The number of hydrogen-bond donors (Lipinski definition) is 0. The van der Waals surface area contributed by atoms with Crippen molar-refractivity contribution in [3.63, 3.8) is 0 Å². The van der Waals surface area contributed by atoms with E-state index < -0.39 is 0 Å². The van der Waals surface area contributed by atoms with Crippen molar-refractivity contribution in [1.82, 2.24) is 4.98 Å². The third-order valence-corrected chi connectivity index (χ3v) is 3.07. The second kappa shape index (κ2) is 4.75. The van der Waals surface area contributed by atoms with Gasteiger partial charge < -0.3 is 9.64 Å². The predicted octanol–water partition coefficient (Wildman–Crippen LogP) is 2.28. The van der Waals surface area contributed by atoms with E-state index in [0.717, 1.165) is 0 Å². The number of carbonyl (C=O) groups is 1. The van der Waals surface area contributed by atoms with Crippen LogP contribution in [0.2, 0.25) is 5.15 Å². The number of hydrogen-bond acceptors (Lipinski definition) is 3. The van der Waals surface area contributed by atoms with Gasteiger partial charge in [0.1, 0.15) is 0 Å². The highest BCUT2D eigenvalue weighted by Gasteiger charge is 2.30. The van der Waals surface area contributed by atoms with E-state index in [4.69, 9.17) is 16.3 Å². The second-order valence-electron chi connectivity index (χ2n) is 3.87. The van der Waals surface area contributed by atoms with Crippen LogP contribution in [0, 0.1) is 5.92 Å². The number of carbonyl (C=O) groups excluding carboxylic acids is 1. The summed E-state index contributed by atoms with van der Waals surface area (Å²) in [5.41, 5.74) is 0.627. The maximum absolute atomic E-state index is 11.8. The summed E-state index contributed by atoms with van der Waals surface area (Å²) >= 11 is 6.03. The van der Waals surface area contributed by atoms with E-state index in [9.17, 15) is 4.79 Å². The molecule has 0 spiro atoms. The lowest BCUT2D eigenvalue weighted by Gasteiger charge is -2.17. The van der Waals surface area contributed by atoms with Crippen molar-refractivity contribution >= 4 is 23.2 Å². The van der Waals surface area contributed by atoms with Crippen LogP contribution in [-0.4, -0.2) is 24.5 Å². The quantitative estimate of drug-likeness (QED) is 0.612. The van der Waals surface area contributed by atoms with Crippen molar-refractivity contribution < 1.29 is 9.53 Å². The second-order valence-corrected chi connectivity index (χ2v) is 4.23. The van der Waals surface area contributed by atoms with Gasteiger partial charge in [-0.1, -0.05) is 17.7 Å². The number of ether oxygens (including phenoxy) is 1. The van der Waals surface area contributed by atoms with E-state index in [0.29, 0.717) is 24.5 Å². The molecule has 2 heterocycles. The molecule has 1 aliphatic rings. The molecule has 90 valence electrons. The molecule has 1 fully saturated rings. The molecule has 2 rings (SSSR count). The van der Waals surface area contributed by atoms with Crippen LogP contribution in [0.1, 0.15) is 6.42 Å². The van der Waals surface area contributed by atoms with Crippen LogP contribution in [-0.2, 0) is 4.79 Å². The first-order chi connectivity index (χ1) is 8.15. The Balaban J connectivity index is 2.28. The highest BCUT2D eigenvalue weighted by molar-refractivity contribution is 6.32. The lowest BCUT2D eigenvalue weighted by molar-refractivity contribution is -0.117. The average Bonchev–Trinajstić information content (AvgIpc) is 2.70. The highest BCUT2D eigenvalue weighted by Crippen LogP contribution is 2.31. The molecular formula is C12H13ClN2O2. The lowest BCUT2D eigenvalue weighted by atomic mass is 10.1. The molecule has 1 aromatic heterocycles. The summed E-state index contributed by atoms with van der Waals surface area (Å²) < 4.78 is 4.97. The molecule has 0 aromatic carbocycles. The molecule has 1 saturated heterocycles. The molecular weight excluding hydrogens is 240 g/mol. The highest BCUT2D eigenvalue weighted by atomic mass is 35.5. The Kier molecular flexibility index (Phi) is 3.33. The van der Waals surface area contributed by atoms with Gasteiger partial charge in [0.25, 0.3) is 0 Å². The van der Waals surface area contributed by atoms with E-state index in [2.05, 4.69) is 11.6 Å². The Morgan fingerprint density at radius 2 is 2.41 bits per heavy atom. The molecule has 1 aromatic rings. The summed E-state index contributed by atoms with van der Waals surface area (Å²) in [6.07, 6.45) is 2.27. The third-order valence-electron chi connectivity index (χ3n) is 2.79. The smallest absolute Gasteiger partial charge is 0.227 e.